The second-order valence-corrected chi connectivity index (χ2v) is 6.95. The summed E-state index contributed by atoms with van der Waals surface area (Å²) in [5.41, 5.74) is 0. The van der Waals surface area contributed by atoms with Gasteiger partial charge in [0.1, 0.15) is 0 Å². The summed E-state index contributed by atoms with van der Waals surface area (Å²) in [6.07, 6.45) is 3.84. The maximum absolute atomic E-state index is 12.0. The molecule has 4 nitrogen and oxygen atoms in total. The maximum atomic E-state index is 12.0. The number of hydrogen-bond donors (Lipinski definition) is 1. The van der Waals surface area contributed by atoms with Crippen molar-refractivity contribution in [2.75, 3.05) is 31.2 Å². The molecule has 1 N–H and O–H groups in total. The lowest BCUT2D eigenvalue weighted by molar-refractivity contribution is -0.123. The number of nitrogens with zero attached hydrogens (tertiary/aromatic N) is 1. The Kier molecular flexibility index (Phi) is 5.98. The Bertz CT molecular complexity index is 287. The summed E-state index contributed by atoms with van der Waals surface area (Å²) in [4.78, 5) is 14.3. The van der Waals surface area contributed by atoms with Crippen LogP contribution in [0.15, 0.2) is 0 Å². The van der Waals surface area contributed by atoms with Crippen LogP contribution < -0.4 is 5.32 Å². The van der Waals surface area contributed by atoms with Crippen LogP contribution in [0.1, 0.15) is 33.1 Å². The lowest BCUT2D eigenvalue weighted by atomic mass is 10.1. The van der Waals surface area contributed by atoms with Crippen molar-refractivity contribution in [1.29, 1.82) is 0 Å². The van der Waals surface area contributed by atoms with Gasteiger partial charge in [-0.05, 0) is 38.9 Å². The van der Waals surface area contributed by atoms with Crippen molar-refractivity contribution in [2.45, 2.75) is 51.3 Å². The molecule has 2 heterocycles. The van der Waals surface area contributed by atoms with Crippen LogP contribution in [0.3, 0.4) is 0 Å². The lowest BCUT2D eigenvalue weighted by Crippen LogP contribution is -2.47. The average Bonchev–Trinajstić information content (AvgIpc) is 2.99. The van der Waals surface area contributed by atoms with E-state index in [4.69, 9.17) is 4.74 Å². The molecule has 5 heteroatoms. The van der Waals surface area contributed by atoms with E-state index in [0.717, 1.165) is 31.7 Å². The first-order valence-corrected chi connectivity index (χ1v) is 8.53. The smallest absolute Gasteiger partial charge is 0.234 e. The lowest BCUT2D eigenvalue weighted by Gasteiger charge is -2.30. The van der Waals surface area contributed by atoms with Crippen LogP contribution in [0.4, 0.5) is 0 Å². The monoisotopic (exact) mass is 286 g/mol. The summed E-state index contributed by atoms with van der Waals surface area (Å²) in [5, 5.41) is 2.99. The second-order valence-electron chi connectivity index (χ2n) is 5.80. The van der Waals surface area contributed by atoms with Crippen molar-refractivity contribution in [3.8, 4) is 0 Å². The van der Waals surface area contributed by atoms with Gasteiger partial charge in [0.2, 0.25) is 5.91 Å². The largest absolute Gasteiger partial charge is 0.377 e. The number of ether oxygens (including phenoxy) is 1. The van der Waals surface area contributed by atoms with Gasteiger partial charge in [-0.25, -0.2) is 0 Å². The number of hydrogen-bond acceptors (Lipinski definition) is 4. The van der Waals surface area contributed by atoms with Gasteiger partial charge in [-0.1, -0.05) is 0 Å². The highest BCUT2D eigenvalue weighted by Crippen LogP contribution is 2.24. The predicted octanol–water partition coefficient (Wildman–Crippen LogP) is 1.50. The van der Waals surface area contributed by atoms with Crippen LogP contribution in [0.2, 0.25) is 0 Å². The third-order valence-electron chi connectivity index (χ3n) is 3.68. The molecule has 2 fully saturated rings. The molecule has 19 heavy (non-hydrogen) atoms. The molecule has 110 valence electrons. The van der Waals surface area contributed by atoms with E-state index in [1.807, 2.05) is 25.6 Å². The van der Waals surface area contributed by atoms with Crippen LogP contribution in [0, 0.1) is 0 Å². The predicted molar refractivity (Wildman–Crippen MR) is 79.6 cm³/mol. The van der Waals surface area contributed by atoms with Crippen molar-refractivity contribution in [3.05, 3.63) is 0 Å². The second kappa shape index (κ2) is 7.50. The number of carbonyl (C=O) groups is 1. The van der Waals surface area contributed by atoms with Crippen molar-refractivity contribution in [1.82, 2.24) is 10.2 Å². The van der Waals surface area contributed by atoms with E-state index in [1.54, 1.807) is 0 Å². The topological polar surface area (TPSA) is 41.6 Å². The molecule has 0 bridgehead atoms. The van der Waals surface area contributed by atoms with Crippen LogP contribution in [0.5, 0.6) is 0 Å². The molecule has 2 aliphatic rings. The third-order valence-corrected chi connectivity index (χ3v) is 4.83. The fourth-order valence-electron chi connectivity index (χ4n) is 2.75. The molecule has 1 amide bonds. The number of carbonyl (C=O) groups excluding carboxylic acids is 1. The van der Waals surface area contributed by atoms with E-state index in [0.29, 0.717) is 18.7 Å². The highest BCUT2D eigenvalue weighted by atomic mass is 32.2. The molecule has 0 aromatic heterocycles. The van der Waals surface area contributed by atoms with Gasteiger partial charge in [0, 0.05) is 31.0 Å². The zero-order valence-electron chi connectivity index (χ0n) is 12.1. The number of nitrogens with one attached hydrogen (secondary N) is 1. The molecule has 0 unspecified atom stereocenters. The van der Waals surface area contributed by atoms with Crippen molar-refractivity contribution in [3.63, 3.8) is 0 Å². The average molecular weight is 286 g/mol. The first-order valence-electron chi connectivity index (χ1n) is 7.38. The highest BCUT2D eigenvalue weighted by Gasteiger charge is 2.28. The van der Waals surface area contributed by atoms with Gasteiger partial charge in [-0.2, -0.15) is 11.8 Å². The standard InChI is InChI=1S/C14H26N2O2S/c1-11(2)15-14(17)9-16(12-5-7-19-10-12)8-13-4-3-6-18-13/h11-13H,3-10H2,1-2H3,(H,15,17)/t12-,13+/m0/s1. The number of thioether (sulfide) groups is 1. The van der Waals surface area contributed by atoms with Crippen molar-refractivity contribution < 1.29 is 9.53 Å². The van der Waals surface area contributed by atoms with Gasteiger partial charge >= 0.3 is 0 Å². The van der Waals surface area contributed by atoms with Gasteiger partial charge in [-0.3, -0.25) is 9.69 Å². The van der Waals surface area contributed by atoms with E-state index < -0.39 is 0 Å². The molecule has 2 saturated heterocycles. The first kappa shape index (κ1) is 15.1. The van der Waals surface area contributed by atoms with E-state index >= 15 is 0 Å². The Balaban J connectivity index is 1.86. The summed E-state index contributed by atoms with van der Waals surface area (Å²) in [6.45, 7) is 6.33. The van der Waals surface area contributed by atoms with Gasteiger partial charge in [0.25, 0.3) is 0 Å². The van der Waals surface area contributed by atoms with Crippen LogP contribution >= 0.6 is 11.8 Å². The zero-order chi connectivity index (χ0) is 13.7. The minimum atomic E-state index is 0.143. The van der Waals surface area contributed by atoms with Crippen LogP contribution in [0.25, 0.3) is 0 Å². The Morgan fingerprint density at radius 3 is 2.89 bits per heavy atom. The molecule has 2 aliphatic heterocycles. The van der Waals surface area contributed by atoms with E-state index in [1.165, 1.54) is 12.2 Å². The maximum Gasteiger partial charge on any atom is 0.234 e. The molecule has 0 aromatic carbocycles. The van der Waals surface area contributed by atoms with Crippen molar-refractivity contribution >= 4 is 17.7 Å². The number of rotatable bonds is 6. The first-order chi connectivity index (χ1) is 9.15. The molecule has 0 aromatic rings. The summed E-state index contributed by atoms with van der Waals surface area (Å²) in [7, 11) is 0. The van der Waals surface area contributed by atoms with Crippen molar-refractivity contribution in [2.24, 2.45) is 0 Å². The van der Waals surface area contributed by atoms with Gasteiger partial charge in [-0.15, -0.1) is 0 Å². The van der Waals surface area contributed by atoms with Gasteiger partial charge in [0.15, 0.2) is 0 Å². The van der Waals surface area contributed by atoms with Gasteiger partial charge in [0.05, 0.1) is 12.6 Å². The summed E-state index contributed by atoms with van der Waals surface area (Å²) >= 11 is 2.00. The zero-order valence-corrected chi connectivity index (χ0v) is 12.9. The summed E-state index contributed by atoms with van der Waals surface area (Å²) in [6, 6.07) is 0.766. The Hall–Kier alpha value is -0.260. The minimum Gasteiger partial charge on any atom is -0.377 e. The molecule has 0 spiro atoms. The summed E-state index contributed by atoms with van der Waals surface area (Å²) in [5.74, 6) is 2.52. The quantitative estimate of drug-likeness (QED) is 0.803. The molecule has 0 aliphatic carbocycles. The fourth-order valence-corrected chi connectivity index (χ4v) is 4.01. The third kappa shape index (κ3) is 4.97. The molecule has 0 radical (unpaired) electrons. The summed E-state index contributed by atoms with van der Waals surface area (Å²) < 4.78 is 5.73. The van der Waals surface area contributed by atoms with Crippen LogP contribution in [-0.4, -0.2) is 60.2 Å². The van der Waals surface area contributed by atoms with Crippen LogP contribution in [-0.2, 0) is 9.53 Å². The molecule has 2 atom stereocenters. The molecule has 0 saturated carbocycles. The number of amides is 1. The Morgan fingerprint density at radius 1 is 1.47 bits per heavy atom. The minimum absolute atomic E-state index is 0.143. The Morgan fingerprint density at radius 2 is 2.32 bits per heavy atom. The highest BCUT2D eigenvalue weighted by molar-refractivity contribution is 7.99. The fraction of sp³-hybridized carbons (Fsp3) is 0.929. The van der Waals surface area contributed by atoms with Gasteiger partial charge < -0.3 is 10.1 Å². The van der Waals surface area contributed by atoms with E-state index in [2.05, 4.69) is 10.2 Å². The molecule has 2 rings (SSSR count). The SMILES string of the molecule is CC(C)NC(=O)CN(C[C@H]1CCCO1)[C@H]1CCSC1. The van der Waals surface area contributed by atoms with E-state index in [9.17, 15) is 4.79 Å². The molecular weight excluding hydrogens is 260 g/mol. The van der Waals surface area contributed by atoms with E-state index in [-0.39, 0.29) is 11.9 Å². The normalized spacial score (nSPS) is 27.4. The molecular formula is C14H26N2O2S. The Labute approximate surface area is 120 Å².